The van der Waals surface area contributed by atoms with E-state index in [1.807, 2.05) is 0 Å². The van der Waals surface area contributed by atoms with Gasteiger partial charge in [0.2, 0.25) is 5.91 Å². The molecule has 0 aromatic carbocycles. The van der Waals surface area contributed by atoms with Gasteiger partial charge in [0.15, 0.2) is 9.84 Å². The van der Waals surface area contributed by atoms with Gasteiger partial charge in [-0.05, 0) is 6.42 Å². The number of nitrogens with two attached hydrogens (primary N) is 1. The van der Waals surface area contributed by atoms with Crippen molar-refractivity contribution in [2.45, 2.75) is 18.5 Å². The predicted octanol–water partition coefficient (Wildman–Crippen LogP) is -0.924. The number of hydrogen-bond acceptors (Lipinski definition) is 5. The number of amides is 1. The van der Waals surface area contributed by atoms with Crippen LogP contribution in [0.2, 0.25) is 0 Å². The maximum atomic E-state index is 11.8. The summed E-state index contributed by atoms with van der Waals surface area (Å²) in [7, 11) is -2.94. The number of carbonyl (C=O) groups excluding carboxylic acids is 1. The largest absolute Gasteiger partial charge is 0.333 e. The molecular weight excluding hydrogens is 248 g/mol. The molecule has 7 heteroatoms. The van der Waals surface area contributed by atoms with Gasteiger partial charge in [-0.3, -0.25) is 4.79 Å². The van der Waals surface area contributed by atoms with E-state index >= 15 is 0 Å². The van der Waals surface area contributed by atoms with Crippen LogP contribution in [0.15, 0.2) is 0 Å². The van der Waals surface area contributed by atoms with Crippen molar-refractivity contribution >= 4 is 27.5 Å². The Bertz CT molecular complexity index is 382. The van der Waals surface area contributed by atoms with Crippen LogP contribution in [0.25, 0.3) is 0 Å². The van der Waals surface area contributed by atoms with Crippen LogP contribution >= 0.6 is 11.8 Å². The second kappa shape index (κ2) is 4.54. The molecule has 2 aliphatic rings. The third-order valence-electron chi connectivity index (χ3n) is 3.09. The molecule has 0 bridgehead atoms. The lowest BCUT2D eigenvalue weighted by Gasteiger charge is -2.38. The molecule has 2 unspecified atom stereocenters. The van der Waals surface area contributed by atoms with Gasteiger partial charge in [0.1, 0.15) is 0 Å². The monoisotopic (exact) mass is 264 g/mol. The molecule has 0 spiro atoms. The third-order valence-corrected chi connectivity index (χ3v) is 5.91. The Balaban J connectivity index is 2.14. The number of hydrogen-bond donors (Lipinski definition) is 1. The Labute approximate surface area is 99.7 Å². The normalized spacial score (nSPS) is 34.3. The molecule has 2 heterocycles. The Morgan fingerprint density at radius 2 is 2.25 bits per heavy atom. The zero-order chi connectivity index (χ0) is 11.8. The van der Waals surface area contributed by atoms with Crippen molar-refractivity contribution in [2.24, 2.45) is 5.73 Å². The number of rotatable bonds is 2. The summed E-state index contributed by atoms with van der Waals surface area (Å²) in [6.45, 7) is 0.412. The van der Waals surface area contributed by atoms with Crippen LogP contribution in [-0.2, 0) is 14.6 Å². The van der Waals surface area contributed by atoms with Crippen LogP contribution in [0.4, 0.5) is 0 Å². The number of sulfone groups is 1. The molecule has 2 fully saturated rings. The molecule has 92 valence electrons. The quantitative estimate of drug-likeness (QED) is 0.697. The SMILES string of the molecule is NCC1CSCC(=O)N1C1CCS(=O)(=O)C1. The maximum Gasteiger partial charge on any atom is 0.233 e. The molecule has 0 aromatic rings. The first-order chi connectivity index (χ1) is 7.53. The summed E-state index contributed by atoms with van der Waals surface area (Å²) in [6, 6.07) is -0.142. The van der Waals surface area contributed by atoms with Gasteiger partial charge in [-0.25, -0.2) is 8.42 Å². The topological polar surface area (TPSA) is 80.5 Å². The van der Waals surface area contributed by atoms with Gasteiger partial charge < -0.3 is 10.6 Å². The highest BCUT2D eigenvalue weighted by molar-refractivity contribution is 8.00. The van der Waals surface area contributed by atoms with E-state index in [1.165, 1.54) is 0 Å². The standard InChI is InChI=1S/C9H16N2O3S2/c10-3-8-4-15-5-9(12)11(8)7-1-2-16(13,14)6-7/h7-8H,1-6,10H2. The van der Waals surface area contributed by atoms with Gasteiger partial charge in [0.05, 0.1) is 23.3 Å². The minimum absolute atomic E-state index is 0.00421. The van der Waals surface area contributed by atoms with E-state index in [0.717, 1.165) is 5.75 Å². The number of nitrogens with zero attached hydrogens (tertiary/aromatic N) is 1. The Morgan fingerprint density at radius 3 is 2.81 bits per heavy atom. The highest BCUT2D eigenvalue weighted by Crippen LogP contribution is 2.25. The zero-order valence-corrected chi connectivity index (χ0v) is 10.6. The lowest BCUT2D eigenvalue weighted by Crippen LogP contribution is -2.55. The molecule has 2 aliphatic heterocycles. The molecule has 2 saturated heterocycles. The van der Waals surface area contributed by atoms with Crippen molar-refractivity contribution in [3.63, 3.8) is 0 Å². The zero-order valence-electron chi connectivity index (χ0n) is 8.96. The van der Waals surface area contributed by atoms with Gasteiger partial charge >= 0.3 is 0 Å². The molecule has 1 amide bonds. The fraction of sp³-hybridized carbons (Fsp3) is 0.889. The molecule has 0 aliphatic carbocycles. The first-order valence-corrected chi connectivity index (χ1v) is 8.30. The summed E-state index contributed by atoms with van der Waals surface area (Å²) in [6.07, 6.45) is 0.565. The summed E-state index contributed by atoms with van der Waals surface area (Å²) >= 11 is 1.58. The number of thioether (sulfide) groups is 1. The fourth-order valence-electron chi connectivity index (χ4n) is 2.32. The van der Waals surface area contributed by atoms with Crippen molar-refractivity contribution < 1.29 is 13.2 Å². The van der Waals surface area contributed by atoms with Crippen molar-refractivity contribution in [3.8, 4) is 0 Å². The first-order valence-electron chi connectivity index (χ1n) is 5.33. The van der Waals surface area contributed by atoms with Crippen LogP contribution in [0.1, 0.15) is 6.42 Å². The molecule has 2 rings (SSSR count). The molecular formula is C9H16N2O3S2. The maximum absolute atomic E-state index is 11.8. The van der Waals surface area contributed by atoms with E-state index in [-0.39, 0.29) is 29.5 Å². The van der Waals surface area contributed by atoms with Crippen molar-refractivity contribution in [1.29, 1.82) is 0 Å². The minimum Gasteiger partial charge on any atom is -0.333 e. The lowest BCUT2D eigenvalue weighted by molar-refractivity contribution is -0.132. The average Bonchev–Trinajstić information content (AvgIpc) is 2.58. The second-order valence-electron chi connectivity index (χ2n) is 4.26. The van der Waals surface area contributed by atoms with Crippen molar-refractivity contribution in [3.05, 3.63) is 0 Å². The van der Waals surface area contributed by atoms with E-state index in [2.05, 4.69) is 0 Å². The Morgan fingerprint density at radius 1 is 1.50 bits per heavy atom. The average molecular weight is 264 g/mol. The summed E-state index contributed by atoms with van der Waals surface area (Å²) < 4.78 is 22.8. The van der Waals surface area contributed by atoms with Gasteiger partial charge in [0.25, 0.3) is 0 Å². The molecule has 2 N–H and O–H groups in total. The van der Waals surface area contributed by atoms with Crippen molar-refractivity contribution in [1.82, 2.24) is 4.90 Å². The lowest BCUT2D eigenvalue weighted by atomic mass is 10.1. The van der Waals surface area contributed by atoms with E-state index in [0.29, 0.717) is 18.7 Å². The van der Waals surface area contributed by atoms with E-state index in [4.69, 9.17) is 5.73 Å². The van der Waals surface area contributed by atoms with E-state index in [1.54, 1.807) is 16.7 Å². The Kier molecular flexibility index (Phi) is 3.46. The van der Waals surface area contributed by atoms with Crippen LogP contribution in [-0.4, -0.2) is 60.9 Å². The van der Waals surface area contributed by atoms with E-state index < -0.39 is 9.84 Å². The van der Waals surface area contributed by atoms with Crippen LogP contribution in [0, 0.1) is 0 Å². The molecule has 0 saturated carbocycles. The van der Waals surface area contributed by atoms with Gasteiger partial charge in [-0.2, -0.15) is 0 Å². The molecule has 0 radical (unpaired) electrons. The fourth-order valence-corrected chi connectivity index (χ4v) is 5.04. The summed E-state index contributed by atoms with van der Waals surface area (Å²) in [4.78, 5) is 13.5. The van der Waals surface area contributed by atoms with Crippen LogP contribution in [0.3, 0.4) is 0 Å². The summed E-state index contributed by atoms with van der Waals surface area (Å²) in [5.74, 6) is 1.62. The highest BCUT2D eigenvalue weighted by atomic mass is 32.2. The third kappa shape index (κ3) is 2.36. The van der Waals surface area contributed by atoms with Crippen LogP contribution in [0.5, 0.6) is 0 Å². The minimum atomic E-state index is -2.94. The summed E-state index contributed by atoms with van der Waals surface area (Å²) in [5, 5.41) is 0. The van der Waals surface area contributed by atoms with Gasteiger partial charge in [-0.15, -0.1) is 11.8 Å². The molecule has 2 atom stereocenters. The van der Waals surface area contributed by atoms with Gasteiger partial charge in [-0.1, -0.05) is 0 Å². The Hall–Kier alpha value is -0.270. The second-order valence-corrected chi connectivity index (χ2v) is 7.52. The molecule has 16 heavy (non-hydrogen) atoms. The predicted molar refractivity (Wildman–Crippen MR) is 64.1 cm³/mol. The van der Waals surface area contributed by atoms with Crippen LogP contribution < -0.4 is 5.73 Å². The van der Waals surface area contributed by atoms with Crippen molar-refractivity contribution in [2.75, 3.05) is 29.6 Å². The molecule has 5 nitrogen and oxygen atoms in total. The first kappa shape index (κ1) is 12.2. The smallest absolute Gasteiger partial charge is 0.233 e. The summed E-state index contributed by atoms with van der Waals surface area (Å²) in [5.41, 5.74) is 5.63. The number of carbonyl (C=O) groups is 1. The highest BCUT2D eigenvalue weighted by Gasteiger charge is 2.39. The van der Waals surface area contributed by atoms with Gasteiger partial charge in [0, 0.05) is 18.3 Å². The molecule has 0 aromatic heterocycles. The van der Waals surface area contributed by atoms with E-state index in [9.17, 15) is 13.2 Å².